The Bertz CT molecular complexity index is 1270. The minimum Gasteiger partial charge on any atom is -0.488 e. The topological polar surface area (TPSA) is 155 Å². The van der Waals surface area contributed by atoms with Crippen molar-refractivity contribution in [3.63, 3.8) is 0 Å². The summed E-state index contributed by atoms with van der Waals surface area (Å²) in [5.41, 5.74) is -1.05. The van der Waals surface area contributed by atoms with Crippen molar-refractivity contribution in [3.8, 4) is 0 Å². The summed E-state index contributed by atoms with van der Waals surface area (Å²) >= 11 is 0. The number of allylic oxidation sites excluding steroid dienone is 1. The van der Waals surface area contributed by atoms with Crippen molar-refractivity contribution in [1.29, 1.82) is 0 Å². The maximum atomic E-state index is 12.5. The van der Waals surface area contributed by atoms with Gasteiger partial charge in [-0.15, -0.1) is 0 Å². The summed E-state index contributed by atoms with van der Waals surface area (Å²) in [6.45, 7) is 18.3. The largest absolute Gasteiger partial charge is 0.488 e. The molecule has 0 aromatic heterocycles. The summed E-state index contributed by atoms with van der Waals surface area (Å²) in [5, 5.41) is 54.3. The van der Waals surface area contributed by atoms with E-state index in [0.29, 0.717) is 24.0 Å². The van der Waals surface area contributed by atoms with Crippen molar-refractivity contribution >= 4 is 5.97 Å². The molecular weight excluding hydrogens is 616 g/mol. The number of aliphatic hydroxyl groups excluding tert-OH is 4. The van der Waals surface area contributed by atoms with E-state index in [2.05, 4.69) is 41.5 Å². The standard InChI is InChI=1S/C38H62O10/c1-19-16-24(32(35(5,6)44)46-20(2)39)47-30-27(19)37(8)15-14-36(7)17-21-10-13-26(48-33-29(42)28(41)23(40)18-45-33)34(3,4)22(21)11-12-25(36)38(37,9)31(30)43/h19,21-26,28-29,31-33,40-44H,10-18H2,1-9H3/t19-,21+,22-,23-,24-,25-,26+,28+,29-,31+,32+,33+,36-,37-,38-/m1/s1. The lowest BCUT2D eigenvalue weighted by Crippen LogP contribution is -2.57. The van der Waals surface area contributed by atoms with E-state index in [0.717, 1.165) is 44.9 Å². The molecule has 274 valence electrons. The number of hydrogen-bond donors (Lipinski definition) is 5. The van der Waals surface area contributed by atoms with Crippen LogP contribution in [-0.2, 0) is 23.7 Å². The Hall–Kier alpha value is -1.27. The van der Waals surface area contributed by atoms with Gasteiger partial charge in [0.1, 0.15) is 36.3 Å². The highest BCUT2D eigenvalue weighted by Crippen LogP contribution is 2.74. The number of hydrogen-bond acceptors (Lipinski definition) is 10. The first kappa shape index (κ1) is 36.5. The fraction of sp³-hybridized carbons (Fsp3) is 0.921. The molecule has 10 heteroatoms. The van der Waals surface area contributed by atoms with Gasteiger partial charge < -0.3 is 44.5 Å². The molecule has 3 saturated carbocycles. The molecule has 0 amide bonds. The minimum atomic E-state index is -1.31. The van der Waals surface area contributed by atoms with E-state index < -0.39 is 59.9 Å². The molecule has 0 unspecified atom stereocenters. The van der Waals surface area contributed by atoms with Gasteiger partial charge in [-0.3, -0.25) is 4.79 Å². The van der Waals surface area contributed by atoms with Crippen molar-refractivity contribution < 1.29 is 49.3 Å². The van der Waals surface area contributed by atoms with Gasteiger partial charge in [0, 0.05) is 17.8 Å². The third-order valence-electron chi connectivity index (χ3n) is 14.7. The fourth-order valence-corrected chi connectivity index (χ4v) is 12.1. The Morgan fingerprint density at radius 2 is 1.67 bits per heavy atom. The molecule has 1 saturated heterocycles. The zero-order valence-corrected chi connectivity index (χ0v) is 30.6. The van der Waals surface area contributed by atoms with E-state index in [1.54, 1.807) is 13.8 Å². The van der Waals surface area contributed by atoms with Gasteiger partial charge in [-0.1, -0.05) is 41.5 Å². The molecule has 48 heavy (non-hydrogen) atoms. The molecule has 2 aliphatic heterocycles. The molecule has 15 atom stereocenters. The number of rotatable bonds is 5. The van der Waals surface area contributed by atoms with Gasteiger partial charge in [0.2, 0.25) is 0 Å². The van der Waals surface area contributed by atoms with E-state index in [-0.39, 0.29) is 40.8 Å². The van der Waals surface area contributed by atoms with Crippen LogP contribution in [0.1, 0.15) is 114 Å². The minimum absolute atomic E-state index is 0.0198. The van der Waals surface area contributed by atoms with Gasteiger partial charge in [0.05, 0.1) is 18.3 Å². The van der Waals surface area contributed by atoms with Crippen LogP contribution in [0.4, 0.5) is 0 Å². The summed E-state index contributed by atoms with van der Waals surface area (Å²) in [5.74, 6) is 1.34. The normalized spacial score (nSPS) is 49.4. The Balaban J connectivity index is 1.26. The third-order valence-corrected chi connectivity index (χ3v) is 14.7. The first-order chi connectivity index (χ1) is 22.2. The highest BCUT2D eigenvalue weighted by molar-refractivity contribution is 5.66. The maximum absolute atomic E-state index is 12.5. The van der Waals surface area contributed by atoms with Gasteiger partial charge >= 0.3 is 5.97 Å². The zero-order chi connectivity index (χ0) is 35.4. The molecular formula is C38H62O10. The van der Waals surface area contributed by atoms with Gasteiger partial charge in [0.25, 0.3) is 0 Å². The maximum Gasteiger partial charge on any atom is 0.303 e. The number of aliphatic hydroxyl groups is 5. The van der Waals surface area contributed by atoms with Crippen LogP contribution >= 0.6 is 0 Å². The summed E-state index contributed by atoms with van der Waals surface area (Å²) < 4.78 is 24.4. The van der Waals surface area contributed by atoms with Crippen LogP contribution in [0, 0.1) is 45.3 Å². The predicted molar refractivity (Wildman–Crippen MR) is 177 cm³/mol. The Kier molecular flexibility index (Phi) is 9.25. The van der Waals surface area contributed by atoms with E-state index in [4.69, 9.17) is 18.9 Å². The highest BCUT2D eigenvalue weighted by Gasteiger charge is 2.70. The number of esters is 1. The number of carbonyl (C=O) groups excluding carboxylic acids is 1. The third kappa shape index (κ3) is 5.50. The fourth-order valence-electron chi connectivity index (χ4n) is 12.1. The predicted octanol–water partition coefficient (Wildman–Crippen LogP) is 4.23. The molecule has 0 spiro atoms. The van der Waals surface area contributed by atoms with Crippen molar-refractivity contribution in [2.45, 2.75) is 168 Å². The average molecular weight is 679 g/mol. The van der Waals surface area contributed by atoms with Crippen molar-refractivity contribution in [3.05, 3.63) is 11.3 Å². The van der Waals surface area contributed by atoms with E-state index in [1.807, 2.05) is 0 Å². The molecule has 0 bridgehead atoms. The Morgan fingerprint density at radius 3 is 2.31 bits per heavy atom. The SMILES string of the molecule is CC(=O)O[C@@H]([C@H]1C[C@@H](C)C2=C(O1)[C@H](O)[C@@]1(C)[C@@H]3CC[C@@H]4[C@@H](CC[C@H](O[C@@H]5OC[C@@H](O)[C@H](O)[C@H]5O)C4(C)C)C[C@@]3(C)CC[C@]21C)C(C)(C)O. The molecule has 4 aliphatic carbocycles. The molecule has 6 aliphatic rings. The van der Waals surface area contributed by atoms with Crippen LogP contribution in [0.3, 0.4) is 0 Å². The molecule has 4 fully saturated rings. The number of ether oxygens (including phenoxy) is 4. The molecule has 0 radical (unpaired) electrons. The molecule has 10 nitrogen and oxygen atoms in total. The molecule has 6 rings (SSSR count). The summed E-state index contributed by atoms with van der Waals surface area (Å²) in [6.07, 6.45) is 0.306. The van der Waals surface area contributed by atoms with Gasteiger partial charge in [-0.25, -0.2) is 0 Å². The lowest BCUT2D eigenvalue weighted by Gasteiger charge is -2.60. The summed E-state index contributed by atoms with van der Waals surface area (Å²) in [4.78, 5) is 12.1. The Morgan fingerprint density at radius 1 is 0.979 bits per heavy atom. The second-order valence-corrected chi connectivity index (χ2v) is 18.4. The molecule has 0 aromatic carbocycles. The zero-order valence-electron chi connectivity index (χ0n) is 30.6. The lowest BCUT2D eigenvalue weighted by molar-refractivity contribution is -0.299. The first-order valence-electron chi connectivity index (χ1n) is 18.5. The second-order valence-electron chi connectivity index (χ2n) is 18.4. The van der Waals surface area contributed by atoms with Crippen LogP contribution in [-0.4, -0.2) is 92.7 Å². The first-order valence-corrected chi connectivity index (χ1v) is 18.5. The van der Waals surface area contributed by atoms with Crippen LogP contribution in [0.15, 0.2) is 11.3 Å². The van der Waals surface area contributed by atoms with Gasteiger partial charge in [0.15, 0.2) is 12.4 Å². The summed E-state index contributed by atoms with van der Waals surface area (Å²) in [7, 11) is 0. The quantitative estimate of drug-likeness (QED) is 0.267. The monoisotopic (exact) mass is 678 g/mol. The lowest BCUT2D eigenvalue weighted by atomic mass is 9.43. The van der Waals surface area contributed by atoms with Crippen LogP contribution in [0.25, 0.3) is 0 Å². The smallest absolute Gasteiger partial charge is 0.303 e. The second kappa shape index (κ2) is 12.2. The van der Waals surface area contributed by atoms with Crippen molar-refractivity contribution in [2.24, 2.45) is 45.3 Å². The molecule has 5 N–H and O–H groups in total. The van der Waals surface area contributed by atoms with E-state index >= 15 is 0 Å². The van der Waals surface area contributed by atoms with E-state index in [1.165, 1.54) is 12.5 Å². The van der Waals surface area contributed by atoms with Gasteiger partial charge in [-0.2, -0.15) is 0 Å². The van der Waals surface area contributed by atoms with Crippen molar-refractivity contribution in [2.75, 3.05) is 6.61 Å². The number of carbonyl (C=O) groups is 1. The van der Waals surface area contributed by atoms with Gasteiger partial charge in [-0.05, 0) is 105 Å². The molecule has 2 heterocycles. The Labute approximate surface area is 286 Å². The number of fused-ring (bicyclic) bond motifs is 5. The van der Waals surface area contributed by atoms with E-state index in [9.17, 15) is 30.3 Å². The van der Waals surface area contributed by atoms with Crippen molar-refractivity contribution in [1.82, 2.24) is 0 Å². The highest BCUT2D eigenvalue weighted by atomic mass is 16.7. The molecule has 0 aromatic rings. The average Bonchev–Trinajstić information content (AvgIpc) is 3.07. The van der Waals surface area contributed by atoms with Crippen LogP contribution in [0.2, 0.25) is 0 Å². The van der Waals surface area contributed by atoms with Crippen LogP contribution < -0.4 is 0 Å². The van der Waals surface area contributed by atoms with Crippen LogP contribution in [0.5, 0.6) is 0 Å². The summed E-state index contributed by atoms with van der Waals surface area (Å²) in [6, 6.07) is 0.